The van der Waals surface area contributed by atoms with Crippen molar-refractivity contribution in [2.45, 2.75) is 39.5 Å². The molecule has 0 bridgehead atoms. The lowest BCUT2D eigenvalue weighted by Gasteiger charge is -2.24. The summed E-state index contributed by atoms with van der Waals surface area (Å²) in [6.07, 6.45) is 0. The molecule has 0 radical (unpaired) electrons. The summed E-state index contributed by atoms with van der Waals surface area (Å²) in [4.78, 5) is 12.6. The van der Waals surface area contributed by atoms with Crippen molar-refractivity contribution in [3.05, 3.63) is 60.2 Å². The summed E-state index contributed by atoms with van der Waals surface area (Å²) in [6.45, 7) is 9.26. The molecule has 7 heteroatoms. The minimum atomic E-state index is -3.91. The Morgan fingerprint density at radius 1 is 1.07 bits per heavy atom. The Morgan fingerprint density at radius 2 is 1.71 bits per heavy atom. The third-order valence-electron chi connectivity index (χ3n) is 4.34. The smallest absolute Gasteiger partial charge is 0.264 e. The van der Waals surface area contributed by atoms with Gasteiger partial charge in [-0.1, -0.05) is 51.1 Å². The maximum absolute atomic E-state index is 13.2. The molecule has 0 aromatic heterocycles. The second-order valence-corrected chi connectivity index (χ2v) is 9.51. The quantitative estimate of drug-likeness (QED) is 0.592. The zero-order chi connectivity index (χ0) is 20.9. The summed E-state index contributed by atoms with van der Waals surface area (Å²) in [5.74, 6) is -0.510. The van der Waals surface area contributed by atoms with E-state index in [1.807, 2.05) is 40.7 Å². The van der Waals surface area contributed by atoms with Crippen LogP contribution in [-0.2, 0) is 14.8 Å². The summed E-state index contributed by atoms with van der Waals surface area (Å²) < 4.78 is 27.5. The SMILES string of the molecule is C/C(=N/NC(=O)CN(c1cccc(C)c1)S(=O)(=O)c1ccccc1)C(C)(C)C. The van der Waals surface area contributed by atoms with Crippen LogP contribution in [0.5, 0.6) is 0 Å². The van der Waals surface area contributed by atoms with E-state index in [2.05, 4.69) is 10.5 Å². The van der Waals surface area contributed by atoms with Crippen molar-refractivity contribution < 1.29 is 13.2 Å². The number of hydrogen-bond acceptors (Lipinski definition) is 4. The number of benzene rings is 2. The van der Waals surface area contributed by atoms with Crippen LogP contribution < -0.4 is 9.73 Å². The van der Waals surface area contributed by atoms with Crippen molar-refractivity contribution in [1.29, 1.82) is 0 Å². The Balaban J connectivity index is 2.36. The fraction of sp³-hybridized carbons (Fsp3) is 0.333. The number of aryl methyl sites for hydroxylation is 1. The first-order chi connectivity index (χ1) is 13.0. The van der Waals surface area contributed by atoms with E-state index in [-0.39, 0.29) is 16.9 Å². The number of hydrogen-bond donors (Lipinski definition) is 1. The number of nitrogens with zero attached hydrogens (tertiary/aromatic N) is 2. The highest BCUT2D eigenvalue weighted by Gasteiger charge is 2.27. The van der Waals surface area contributed by atoms with Gasteiger partial charge in [0.05, 0.1) is 10.6 Å². The van der Waals surface area contributed by atoms with Gasteiger partial charge in [-0.15, -0.1) is 0 Å². The number of rotatable bonds is 6. The second kappa shape index (κ2) is 8.56. The first-order valence-electron chi connectivity index (χ1n) is 9.00. The van der Waals surface area contributed by atoms with Crippen molar-refractivity contribution in [2.24, 2.45) is 10.5 Å². The Kier molecular flexibility index (Phi) is 6.61. The van der Waals surface area contributed by atoms with E-state index in [0.717, 1.165) is 15.6 Å². The van der Waals surface area contributed by atoms with Crippen molar-refractivity contribution in [3.8, 4) is 0 Å². The predicted molar refractivity (Wildman–Crippen MR) is 113 cm³/mol. The van der Waals surface area contributed by atoms with Crippen molar-refractivity contribution in [1.82, 2.24) is 5.43 Å². The molecule has 1 amide bonds. The van der Waals surface area contributed by atoms with E-state index < -0.39 is 15.9 Å². The fourth-order valence-corrected chi connectivity index (χ4v) is 3.73. The molecule has 6 nitrogen and oxygen atoms in total. The van der Waals surface area contributed by atoms with Crippen LogP contribution in [0.15, 0.2) is 64.6 Å². The van der Waals surface area contributed by atoms with E-state index in [0.29, 0.717) is 5.69 Å². The molecule has 0 saturated carbocycles. The molecule has 0 spiro atoms. The van der Waals surface area contributed by atoms with Crippen LogP contribution in [0.3, 0.4) is 0 Å². The van der Waals surface area contributed by atoms with Crippen LogP contribution in [0.1, 0.15) is 33.3 Å². The molecule has 1 N–H and O–H groups in total. The predicted octanol–water partition coefficient (Wildman–Crippen LogP) is 3.73. The topological polar surface area (TPSA) is 78.8 Å². The molecule has 2 aromatic rings. The molecule has 0 aliphatic heterocycles. The fourth-order valence-electron chi connectivity index (χ4n) is 2.30. The first-order valence-corrected chi connectivity index (χ1v) is 10.4. The molecule has 0 saturated heterocycles. The Hall–Kier alpha value is -2.67. The molecule has 0 aliphatic rings. The molecule has 2 aromatic carbocycles. The van der Waals surface area contributed by atoms with E-state index >= 15 is 0 Å². The van der Waals surface area contributed by atoms with Gasteiger partial charge in [0.1, 0.15) is 6.54 Å². The van der Waals surface area contributed by atoms with Crippen LogP contribution in [-0.4, -0.2) is 26.6 Å². The third-order valence-corrected chi connectivity index (χ3v) is 6.13. The molecule has 28 heavy (non-hydrogen) atoms. The standard InChI is InChI=1S/C21H27N3O3S/c1-16-10-9-11-18(14-16)24(28(26,27)19-12-7-6-8-13-19)15-20(25)23-22-17(2)21(3,4)5/h6-14H,15H2,1-5H3,(H,23,25)/b22-17-. The molecule has 0 aliphatic carbocycles. The Morgan fingerprint density at radius 3 is 2.29 bits per heavy atom. The van der Waals surface area contributed by atoms with E-state index in [1.54, 1.807) is 36.4 Å². The average Bonchev–Trinajstić information content (AvgIpc) is 2.64. The van der Waals surface area contributed by atoms with Crippen molar-refractivity contribution in [3.63, 3.8) is 0 Å². The summed E-state index contributed by atoms with van der Waals surface area (Å²) >= 11 is 0. The van der Waals surface area contributed by atoms with Crippen LogP contribution in [0.2, 0.25) is 0 Å². The maximum Gasteiger partial charge on any atom is 0.264 e. The Labute approximate surface area is 167 Å². The summed E-state index contributed by atoms with van der Waals surface area (Å²) in [5, 5.41) is 4.11. The average molecular weight is 402 g/mol. The Bertz CT molecular complexity index is 962. The molecule has 0 fully saturated rings. The van der Waals surface area contributed by atoms with Crippen molar-refractivity contribution in [2.75, 3.05) is 10.8 Å². The number of hydrazone groups is 1. The van der Waals surface area contributed by atoms with Gasteiger partial charge in [0.25, 0.3) is 15.9 Å². The molecule has 2 rings (SSSR count). The zero-order valence-electron chi connectivity index (χ0n) is 16.9. The van der Waals surface area contributed by atoms with Gasteiger partial charge < -0.3 is 0 Å². The molecular formula is C21H27N3O3S. The monoisotopic (exact) mass is 401 g/mol. The normalized spacial score (nSPS) is 12.5. The summed E-state index contributed by atoms with van der Waals surface area (Å²) in [5.41, 5.74) is 4.34. The molecule has 0 atom stereocenters. The lowest BCUT2D eigenvalue weighted by molar-refractivity contribution is -0.119. The second-order valence-electron chi connectivity index (χ2n) is 7.65. The van der Waals surface area contributed by atoms with Gasteiger partial charge in [-0.3, -0.25) is 9.10 Å². The van der Waals surface area contributed by atoms with Gasteiger partial charge in [0.15, 0.2) is 0 Å². The highest BCUT2D eigenvalue weighted by molar-refractivity contribution is 7.92. The highest BCUT2D eigenvalue weighted by atomic mass is 32.2. The number of sulfonamides is 1. The van der Waals surface area contributed by atoms with Gasteiger partial charge in [0, 0.05) is 11.1 Å². The summed E-state index contributed by atoms with van der Waals surface area (Å²) in [7, 11) is -3.91. The van der Waals surface area contributed by atoms with Crippen LogP contribution >= 0.6 is 0 Å². The number of anilines is 1. The van der Waals surface area contributed by atoms with Crippen LogP contribution in [0.25, 0.3) is 0 Å². The van der Waals surface area contributed by atoms with Gasteiger partial charge in [-0.25, -0.2) is 13.8 Å². The van der Waals surface area contributed by atoms with Gasteiger partial charge >= 0.3 is 0 Å². The number of carbonyl (C=O) groups excluding carboxylic acids is 1. The first kappa shape index (κ1) is 21.6. The highest BCUT2D eigenvalue weighted by Crippen LogP contribution is 2.24. The lowest BCUT2D eigenvalue weighted by atomic mass is 9.91. The third kappa shape index (κ3) is 5.42. The largest absolute Gasteiger partial charge is 0.271 e. The minimum Gasteiger partial charge on any atom is -0.271 e. The van der Waals surface area contributed by atoms with E-state index in [1.165, 1.54) is 12.1 Å². The van der Waals surface area contributed by atoms with Crippen molar-refractivity contribution >= 4 is 27.3 Å². The van der Waals surface area contributed by atoms with Crippen LogP contribution in [0, 0.1) is 12.3 Å². The zero-order valence-corrected chi connectivity index (χ0v) is 17.7. The number of nitrogens with one attached hydrogen (secondary N) is 1. The molecule has 150 valence electrons. The van der Waals surface area contributed by atoms with E-state index in [9.17, 15) is 13.2 Å². The maximum atomic E-state index is 13.2. The van der Waals surface area contributed by atoms with E-state index in [4.69, 9.17) is 0 Å². The van der Waals surface area contributed by atoms with Gasteiger partial charge in [-0.2, -0.15) is 5.10 Å². The molecule has 0 unspecified atom stereocenters. The van der Waals surface area contributed by atoms with Crippen LogP contribution in [0.4, 0.5) is 5.69 Å². The minimum absolute atomic E-state index is 0.124. The lowest BCUT2D eigenvalue weighted by Crippen LogP contribution is -2.40. The number of carbonyl (C=O) groups is 1. The molecule has 0 heterocycles. The summed E-state index contributed by atoms with van der Waals surface area (Å²) in [6, 6.07) is 15.1. The van der Waals surface area contributed by atoms with Gasteiger partial charge in [-0.05, 0) is 43.7 Å². The molecular weight excluding hydrogens is 374 g/mol. The number of amides is 1. The van der Waals surface area contributed by atoms with Gasteiger partial charge in [0.2, 0.25) is 0 Å².